The molecule has 8 heteroatoms. The second kappa shape index (κ2) is 8.84. The molecule has 4 rings (SSSR count). The van der Waals surface area contributed by atoms with Crippen LogP contribution in [-0.2, 0) is 20.9 Å². The maximum absolute atomic E-state index is 13.1. The highest BCUT2D eigenvalue weighted by molar-refractivity contribution is 8.14. The van der Waals surface area contributed by atoms with Crippen molar-refractivity contribution in [3.05, 3.63) is 81.0 Å². The van der Waals surface area contributed by atoms with Gasteiger partial charge in [-0.25, -0.2) is 9.79 Å². The predicted octanol–water partition coefficient (Wildman–Crippen LogP) is 5.39. The summed E-state index contributed by atoms with van der Waals surface area (Å²) in [5.74, 6) is 0.0478. The van der Waals surface area contributed by atoms with E-state index in [0.29, 0.717) is 44.2 Å². The molecule has 2 aromatic rings. The number of esters is 1. The zero-order valence-electron chi connectivity index (χ0n) is 16.1. The summed E-state index contributed by atoms with van der Waals surface area (Å²) in [7, 11) is 0. The number of hydrogen-bond acceptors (Lipinski definition) is 5. The monoisotopic (exact) mass is 460 g/mol. The van der Waals surface area contributed by atoms with Gasteiger partial charge in [-0.1, -0.05) is 71.4 Å². The van der Waals surface area contributed by atoms with E-state index in [-0.39, 0.29) is 12.5 Å². The van der Waals surface area contributed by atoms with Gasteiger partial charge in [0.15, 0.2) is 5.17 Å². The number of allylic oxidation sites excluding steroid dienone is 1. The average Bonchev–Trinajstić information content (AvgIpc) is 2.74. The van der Waals surface area contributed by atoms with E-state index in [1.165, 1.54) is 11.8 Å². The maximum atomic E-state index is 13.1. The highest BCUT2D eigenvalue weighted by Gasteiger charge is 2.41. The number of aliphatic imine (C=N–C) groups is 1. The number of carbonyl (C=O) groups is 2. The Bertz CT molecular complexity index is 1070. The summed E-state index contributed by atoms with van der Waals surface area (Å²) in [5.41, 5.74) is 2.40. The fourth-order valence-corrected chi connectivity index (χ4v) is 4.77. The van der Waals surface area contributed by atoms with Crippen LogP contribution in [0.2, 0.25) is 10.0 Å². The molecule has 1 fully saturated rings. The van der Waals surface area contributed by atoms with Crippen molar-refractivity contribution in [3.63, 3.8) is 0 Å². The number of halogens is 2. The van der Waals surface area contributed by atoms with Crippen molar-refractivity contribution in [2.75, 3.05) is 5.75 Å². The Hall–Kier alpha value is -2.28. The molecule has 0 N–H and O–H groups in total. The van der Waals surface area contributed by atoms with E-state index < -0.39 is 12.0 Å². The zero-order valence-corrected chi connectivity index (χ0v) is 18.4. The molecule has 0 aliphatic carbocycles. The SMILES string of the molecule is CC1=C(C(=O)OCc2ccccc2)C(c2ccc(Cl)c(Cl)c2)N2C(=O)CCSC2=N1. The van der Waals surface area contributed by atoms with Crippen LogP contribution in [0, 0.1) is 0 Å². The zero-order chi connectivity index (χ0) is 21.3. The minimum absolute atomic E-state index is 0.0931. The van der Waals surface area contributed by atoms with Crippen LogP contribution >= 0.6 is 35.0 Å². The molecule has 2 aromatic carbocycles. The number of hydrogen-bond donors (Lipinski definition) is 0. The minimum atomic E-state index is -0.671. The topological polar surface area (TPSA) is 59.0 Å². The number of nitrogens with zero attached hydrogens (tertiary/aromatic N) is 2. The molecule has 0 bridgehead atoms. The van der Waals surface area contributed by atoms with Gasteiger partial charge >= 0.3 is 5.97 Å². The summed E-state index contributed by atoms with van der Waals surface area (Å²) in [4.78, 5) is 32.1. The maximum Gasteiger partial charge on any atom is 0.338 e. The Kier molecular flexibility index (Phi) is 6.18. The van der Waals surface area contributed by atoms with Gasteiger partial charge in [0.1, 0.15) is 6.61 Å². The first kappa shape index (κ1) is 21.0. The Morgan fingerprint density at radius 2 is 1.97 bits per heavy atom. The Labute approximate surface area is 188 Å². The molecule has 1 unspecified atom stereocenters. The number of thioether (sulfide) groups is 1. The minimum Gasteiger partial charge on any atom is -0.457 e. The molecule has 2 aliphatic rings. The van der Waals surface area contributed by atoms with Gasteiger partial charge in [0.2, 0.25) is 5.91 Å². The molecular formula is C22H18Cl2N2O3S. The van der Waals surface area contributed by atoms with Gasteiger partial charge in [0, 0.05) is 12.2 Å². The Morgan fingerprint density at radius 3 is 2.70 bits per heavy atom. The van der Waals surface area contributed by atoms with Crippen molar-refractivity contribution >= 4 is 52.0 Å². The molecule has 0 saturated carbocycles. The lowest BCUT2D eigenvalue weighted by Crippen LogP contribution is -2.45. The standard InChI is InChI=1S/C22H18Cl2N2O3S/c1-13-19(21(28)29-12-14-5-3-2-4-6-14)20(15-7-8-16(23)17(24)11-15)26-18(27)9-10-30-22(26)25-13/h2-8,11,20H,9-10,12H2,1H3. The quantitative estimate of drug-likeness (QED) is 0.574. The van der Waals surface area contributed by atoms with E-state index in [9.17, 15) is 9.59 Å². The van der Waals surface area contributed by atoms with Gasteiger partial charge in [-0.15, -0.1) is 0 Å². The number of benzene rings is 2. The number of fused-ring (bicyclic) bond motifs is 1. The van der Waals surface area contributed by atoms with Gasteiger partial charge in [0.05, 0.1) is 27.4 Å². The molecule has 0 radical (unpaired) electrons. The number of amidine groups is 1. The van der Waals surface area contributed by atoms with E-state index in [1.807, 2.05) is 30.3 Å². The molecule has 5 nitrogen and oxygen atoms in total. The third kappa shape index (κ3) is 4.13. The summed E-state index contributed by atoms with van der Waals surface area (Å²) in [6.07, 6.45) is 0.368. The molecule has 2 aliphatic heterocycles. The van der Waals surface area contributed by atoms with Crippen LogP contribution in [0.3, 0.4) is 0 Å². The summed E-state index contributed by atoms with van der Waals surface area (Å²) < 4.78 is 5.59. The fraction of sp³-hybridized carbons (Fsp3) is 0.227. The molecule has 0 spiro atoms. The Balaban J connectivity index is 1.73. The van der Waals surface area contributed by atoms with Crippen molar-refractivity contribution < 1.29 is 14.3 Å². The number of amides is 1. The summed E-state index contributed by atoms with van der Waals surface area (Å²) >= 11 is 13.8. The van der Waals surface area contributed by atoms with E-state index in [4.69, 9.17) is 27.9 Å². The average molecular weight is 461 g/mol. The van der Waals surface area contributed by atoms with Crippen molar-refractivity contribution in [1.29, 1.82) is 0 Å². The van der Waals surface area contributed by atoms with Crippen molar-refractivity contribution in [3.8, 4) is 0 Å². The predicted molar refractivity (Wildman–Crippen MR) is 119 cm³/mol. The van der Waals surface area contributed by atoms with Crippen LogP contribution in [-0.4, -0.2) is 27.7 Å². The lowest BCUT2D eigenvalue weighted by Gasteiger charge is -2.39. The Morgan fingerprint density at radius 1 is 1.20 bits per heavy atom. The summed E-state index contributed by atoms with van der Waals surface area (Å²) in [5, 5.41) is 1.34. The third-order valence-electron chi connectivity index (χ3n) is 4.90. The molecule has 1 amide bonds. The van der Waals surface area contributed by atoms with Gasteiger partial charge in [-0.2, -0.15) is 0 Å². The lowest BCUT2D eigenvalue weighted by atomic mass is 9.94. The number of ether oxygens (including phenoxy) is 1. The molecule has 0 aromatic heterocycles. The van der Waals surface area contributed by atoms with E-state index >= 15 is 0 Å². The van der Waals surface area contributed by atoms with E-state index in [2.05, 4.69) is 4.99 Å². The van der Waals surface area contributed by atoms with Crippen molar-refractivity contribution in [1.82, 2.24) is 4.90 Å². The smallest absolute Gasteiger partial charge is 0.338 e. The van der Waals surface area contributed by atoms with Crippen LogP contribution in [0.15, 0.2) is 64.8 Å². The van der Waals surface area contributed by atoms with Crippen LogP contribution in [0.5, 0.6) is 0 Å². The third-order valence-corrected chi connectivity index (χ3v) is 6.59. The number of rotatable bonds is 4. The van der Waals surface area contributed by atoms with Gasteiger partial charge in [0.25, 0.3) is 0 Å². The van der Waals surface area contributed by atoms with Gasteiger partial charge in [-0.3, -0.25) is 9.69 Å². The molecule has 2 heterocycles. The second-order valence-corrected chi connectivity index (χ2v) is 8.77. The normalized spacial score (nSPS) is 18.8. The largest absolute Gasteiger partial charge is 0.457 e. The van der Waals surface area contributed by atoms with E-state index in [1.54, 1.807) is 30.0 Å². The lowest BCUT2D eigenvalue weighted by molar-refractivity contribution is -0.141. The summed E-state index contributed by atoms with van der Waals surface area (Å²) in [6.45, 7) is 1.89. The first-order valence-electron chi connectivity index (χ1n) is 9.36. The van der Waals surface area contributed by atoms with Crippen LogP contribution in [0.4, 0.5) is 0 Å². The summed E-state index contributed by atoms with van der Waals surface area (Å²) in [6, 6.07) is 13.9. The molecule has 154 valence electrons. The highest BCUT2D eigenvalue weighted by atomic mass is 35.5. The molecule has 1 atom stereocenters. The van der Waals surface area contributed by atoms with E-state index in [0.717, 1.165) is 5.56 Å². The molecule has 1 saturated heterocycles. The fourth-order valence-electron chi connectivity index (χ4n) is 3.46. The van der Waals surface area contributed by atoms with Gasteiger partial charge < -0.3 is 4.74 Å². The first-order chi connectivity index (χ1) is 14.5. The second-order valence-electron chi connectivity index (χ2n) is 6.89. The van der Waals surface area contributed by atoms with Crippen LogP contribution in [0.1, 0.15) is 30.5 Å². The van der Waals surface area contributed by atoms with Crippen LogP contribution < -0.4 is 0 Å². The van der Waals surface area contributed by atoms with Crippen molar-refractivity contribution in [2.45, 2.75) is 26.0 Å². The van der Waals surface area contributed by atoms with Crippen LogP contribution in [0.25, 0.3) is 0 Å². The van der Waals surface area contributed by atoms with Crippen molar-refractivity contribution in [2.24, 2.45) is 4.99 Å². The molecular weight excluding hydrogens is 443 g/mol. The number of carbonyl (C=O) groups excluding carboxylic acids is 2. The highest BCUT2D eigenvalue weighted by Crippen LogP contribution is 2.41. The first-order valence-corrected chi connectivity index (χ1v) is 11.1. The van der Waals surface area contributed by atoms with Gasteiger partial charge in [-0.05, 0) is 30.2 Å². The molecule has 30 heavy (non-hydrogen) atoms.